The molecule has 0 heterocycles. The zero-order chi connectivity index (χ0) is 10.6. The number of amidine groups is 1. The van der Waals surface area contributed by atoms with Gasteiger partial charge in [-0.1, -0.05) is 12.8 Å². The van der Waals surface area contributed by atoms with Crippen molar-refractivity contribution in [3.05, 3.63) is 0 Å². The van der Waals surface area contributed by atoms with E-state index in [0.717, 1.165) is 25.8 Å². The SMILES string of the molecule is CN(CCC(=N)N)C1CCCCC1O. The van der Waals surface area contributed by atoms with Gasteiger partial charge in [0.25, 0.3) is 0 Å². The van der Waals surface area contributed by atoms with Gasteiger partial charge in [-0.25, -0.2) is 0 Å². The van der Waals surface area contributed by atoms with Crippen LogP contribution in [0.3, 0.4) is 0 Å². The molecule has 0 aliphatic heterocycles. The van der Waals surface area contributed by atoms with E-state index in [1.165, 1.54) is 6.42 Å². The summed E-state index contributed by atoms with van der Waals surface area (Å²) in [6.45, 7) is 0.775. The molecular formula is C10H21N3O. The van der Waals surface area contributed by atoms with E-state index in [0.29, 0.717) is 6.42 Å². The molecule has 0 spiro atoms. The third-order valence-corrected chi connectivity index (χ3v) is 2.99. The Hall–Kier alpha value is -0.610. The maximum absolute atomic E-state index is 9.78. The lowest BCUT2D eigenvalue weighted by Crippen LogP contribution is -2.44. The minimum absolute atomic E-state index is 0.194. The lowest BCUT2D eigenvalue weighted by molar-refractivity contribution is 0.0334. The van der Waals surface area contributed by atoms with E-state index < -0.39 is 0 Å². The molecule has 0 aromatic carbocycles. The highest BCUT2D eigenvalue weighted by atomic mass is 16.3. The Kier molecular flexibility index (Phi) is 4.35. The Labute approximate surface area is 85.6 Å². The van der Waals surface area contributed by atoms with Crippen LogP contribution in [0.5, 0.6) is 0 Å². The van der Waals surface area contributed by atoms with Crippen LogP contribution in [0.4, 0.5) is 0 Å². The average molecular weight is 199 g/mol. The first kappa shape index (κ1) is 11.5. The second-order valence-electron chi connectivity index (χ2n) is 4.17. The van der Waals surface area contributed by atoms with E-state index in [9.17, 15) is 5.11 Å². The van der Waals surface area contributed by atoms with Crippen molar-refractivity contribution in [2.24, 2.45) is 5.73 Å². The molecule has 2 unspecified atom stereocenters. The van der Waals surface area contributed by atoms with E-state index in [-0.39, 0.29) is 18.0 Å². The molecule has 0 aromatic rings. The molecule has 0 saturated heterocycles. The van der Waals surface area contributed by atoms with Crippen LogP contribution in [0.15, 0.2) is 0 Å². The average Bonchev–Trinajstić information content (AvgIpc) is 2.15. The van der Waals surface area contributed by atoms with Crippen LogP contribution in [-0.2, 0) is 0 Å². The Morgan fingerprint density at radius 3 is 2.71 bits per heavy atom. The van der Waals surface area contributed by atoms with Crippen molar-refractivity contribution in [1.82, 2.24) is 4.90 Å². The minimum atomic E-state index is -0.194. The molecule has 0 radical (unpaired) electrons. The highest BCUT2D eigenvalue weighted by Gasteiger charge is 2.26. The molecule has 1 aliphatic rings. The predicted molar refractivity (Wildman–Crippen MR) is 57.4 cm³/mol. The topological polar surface area (TPSA) is 73.3 Å². The molecule has 14 heavy (non-hydrogen) atoms. The van der Waals surface area contributed by atoms with E-state index >= 15 is 0 Å². The molecule has 4 nitrogen and oxygen atoms in total. The van der Waals surface area contributed by atoms with Gasteiger partial charge in [-0.3, -0.25) is 5.41 Å². The molecule has 4 heteroatoms. The molecule has 0 bridgehead atoms. The molecule has 2 atom stereocenters. The molecule has 1 saturated carbocycles. The predicted octanol–water partition coefficient (Wildman–Crippen LogP) is 0.548. The fraction of sp³-hybridized carbons (Fsp3) is 0.900. The first-order chi connectivity index (χ1) is 6.61. The number of aliphatic hydroxyl groups excluding tert-OH is 1. The summed E-state index contributed by atoms with van der Waals surface area (Å²) in [5, 5.41) is 16.9. The van der Waals surface area contributed by atoms with Crippen molar-refractivity contribution in [3.8, 4) is 0 Å². The Morgan fingerprint density at radius 1 is 1.50 bits per heavy atom. The van der Waals surface area contributed by atoms with E-state index in [1.54, 1.807) is 0 Å². The fourth-order valence-corrected chi connectivity index (χ4v) is 2.07. The number of hydrogen-bond acceptors (Lipinski definition) is 3. The lowest BCUT2D eigenvalue weighted by Gasteiger charge is -2.35. The third kappa shape index (κ3) is 3.27. The Balaban J connectivity index is 2.34. The summed E-state index contributed by atoms with van der Waals surface area (Å²) in [6.07, 6.45) is 4.72. The first-order valence-corrected chi connectivity index (χ1v) is 5.32. The third-order valence-electron chi connectivity index (χ3n) is 2.99. The summed E-state index contributed by atoms with van der Waals surface area (Å²) in [5.74, 6) is 0.224. The van der Waals surface area contributed by atoms with Gasteiger partial charge in [-0.05, 0) is 19.9 Å². The summed E-state index contributed by atoms with van der Waals surface area (Å²) < 4.78 is 0. The molecule has 0 amide bonds. The van der Waals surface area contributed by atoms with Crippen molar-refractivity contribution >= 4 is 5.84 Å². The largest absolute Gasteiger partial charge is 0.391 e. The van der Waals surface area contributed by atoms with Gasteiger partial charge in [0, 0.05) is 19.0 Å². The van der Waals surface area contributed by atoms with Crippen LogP contribution in [-0.4, -0.2) is 41.6 Å². The van der Waals surface area contributed by atoms with Gasteiger partial charge in [0.1, 0.15) is 0 Å². The highest BCUT2D eigenvalue weighted by molar-refractivity contribution is 5.76. The van der Waals surface area contributed by atoms with Gasteiger partial charge in [-0.15, -0.1) is 0 Å². The Morgan fingerprint density at radius 2 is 2.14 bits per heavy atom. The summed E-state index contributed by atoms with van der Waals surface area (Å²) in [7, 11) is 2.00. The van der Waals surface area contributed by atoms with E-state index in [2.05, 4.69) is 4.90 Å². The normalized spacial score (nSPS) is 27.9. The number of likely N-dealkylation sites (N-methyl/N-ethyl adjacent to an activating group) is 1. The summed E-state index contributed by atoms with van der Waals surface area (Å²) in [6, 6.07) is 0.267. The monoisotopic (exact) mass is 199 g/mol. The van der Waals surface area contributed by atoms with Gasteiger partial charge in [-0.2, -0.15) is 0 Å². The van der Waals surface area contributed by atoms with Crippen molar-refractivity contribution in [1.29, 1.82) is 5.41 Å². The molecule has 0 aromatic heterocycles. The second kappa shape index (κ2) is 5.32. The number of nitrogens with two attached hydrogens (primary N) is 1. The summed E-state index contributed by atoms with van der Waals surface area (Å²) in [4.78, 5) is 2.13. The zero-order valence-electron chi connectivity index (χ0n) is 8.87. The molecular weight excluding hydrogens is 178 g/mol. The molecule has 82 valence electrons. The van der Waals surface area contributed by atoms with Crippen LogP contribution in [0.2, 0.25) is 0 Å². The van der Waals surface area contributed by atoms with Crippen LogP contribution in [0.1, 0.15) is 32.1 Å². The van der Waals surface area contributed by atoms with Crippen molar-refractivity contribution in [2.75, 3.05) is 13.6 Å². The number of nitrogens with one attached hydrogen (secondary N) is 1. The van der Waals surface area contributed by atoms with Crippen molar-refractivity contribution in [3.63, 3.8) is 0 Å². The molecule has 1 aliphatic carbocycles. The number of aliphatic hydroxyl groups is 1. The second-order valence-corrected chi connectivity index (χ2v) is 4.17. The molecule has 4 N–H and O–H groups in total. The standard InChI is InChI=1S/C10H21N3O/c1-13(7-6-10(11)12)8-4-2-3-5-9(8)14/h8-9,14H,2-7H2,1H3,(H3,11,12). The number of hydrogen-bond donors (Lipinski definition) is 3. The zero-order valence-corrected chi connectivity index (χ0v) is 8.87. The van der Waals surface area contributed by atoms with Crippen LogP contribution in [0, 0.1) is 5.41 Å². The van der Waals surface area contributed by atoms with Crippen molar-refractivity contribution in [2.45, 2.75) is 44.2 Å². The minimum Gasteiger partial charge on any atom is -0.391 e. The van der Waals surface area contributed by atoms with E-state index in [4.69, 9.17) is 11.1 Å². The van der Waals surface area contributed by atoms with Crippen LogP contribution >= 0.6 is 0 Å². The van der Waals surface area contributed by atoms with Gasteiger partial charge in [0.15, 0.2) is 0 Å². The first-order valence-electron chi connectivity index (χ1n) is 5.32. The lowest BCUT2D eigenvalue weighted by atomic mass is 9.91. The highest BCUT2D eigenvalue weighted by Crippen LogP contribution is 2.22. The van der Waals surface area contributed by atoms with Crippen LogP contribution < -0.4 is 5.73 Å². The Bertz CT molecular complexity index is 196. The smallest absolute Gasteiger partial charge is 0.0918 e. The van der Waals surface area contributed by atoms with Gasteiger partial charge >= 0.3 is 0 Å². The van der Waals surface area contributed by atoms with Gasteiger partial charge < -0.3 is 15.7 Å². The van der Waals surface area contributed by atoms with Crippen molar-refractivity contribution < 1.29 is 5.11 Å². The van der Waals surface area contributed by atoms with E-state index in [1.807, 2.05) is 7.05 Å². The fourth-order valence-electron chi connectivity index (χ4n) is 2.07. The van der Waals surface area contributed by atoms with Crippen LogP contribution in [0.25, 0.3) is 0 Å². The summed E-state index contributed by atoms with van der Waals surface area (Å²) >= 11 is 0. The molecule has 1 fully saturated rings. The van der Waals surface area contributed by atoms with Gasteiger partial charge in [0.05, 0.1) is 11.9 Å². The molecule has 1 rings (SSSR count). The number of nitrogens with zero attached hydrogens (tertiary/aromatic N) is 1. The maximum atomic E-state index is 9.78. The van der Waals surface area contributed by atoms with Gasteiger partial charge in [0.2, 0.25) is 0 Å². The number of rotatable bonds is 4. The maximum Gasteiger partial charge on any atom is 0.0918 e. The summed E-state index contributed by atoms with van der Waals surface area (Å²) in [5.41, 5.74) is 5.30. The quantitative estimate of drug-likeness (QED) is 0.457.